The first kappa shape index (κ1) is 15.3. The maximum absolute atomic E-state index is 12.4. The van der Waals surface area contributed by atoms with Crippen molar-refractivity contribution in [2.75, 3.05) is 6.54 Å². The molecule has 0 aromatic heterocycles. The van der Waals surface area contributed by atoms with E-state index in [1.165, 1.54) is 0 Å². The van der Waals surface area contributed by atoms with Crippen LogP contribution >= 0.6 is 0 Å². The van der Waals surface area contributed by atoms with Crippen LogP contribution < -0.4 is 5.32 Å². The van der Waals surface area contributed by atoms with E-state index in [1.54, 1.807) is 0 Å². The smallest absolute Gasteiger partial charge is 0.303 e. The molecule has 0 spiro atoms. The highest BCUT2D eigenvalue weighted by Gasteiger charge is 2.43. The standard InChI is InChI=1S/C15H26N2O3/c1-15(2,3)16-9-13(18)17-11-4-5-12(17)7-10(6-11)8-14(19)20/h10-12,16H,4-9H2,1-3H3,(H,19,20). The lowest BCUT2D eigenvalue weighted by Crippen LogP contribution is -2.51. The summed E-state index contributed by atoms with van der Waals surface area (Å²) in [6.45, 7) is 6.52. The van der Waals surface area contributed by atoms with Gasteiger partial charge < -0.3 is 15.3 Å². The monoisotopic (exact) mass is 282 g/mol. The molecular weight excluding hydrogens is 256 g/mol. The number of carboxylic acid groups (broad SMARTS) is 1. The predicted molar refractivity (Wildman–Crippen MR) is 76.4 cm³/mol. The Hall–Kier alpha value is -1.10. The summed E-state index contributed by atoms with van der Waals surface area (Å²) in [7, 11) is 0. The van der Waals surface area contributed by atoms with Gasteiger partial charge in [-0.25, -0.2) is 0 Å². The average molecular weight is 282 g/mol. The topological polar surface area (TPSA) is 69.6 Å². The van der Waals surface area contributed by atoms with Crippen LogP contribution in [0.15, 0.2) is 0 Å². The van der Waals surface area contributed by atoms with Gasteiger partial charge in [0, 0.05) is 24.0 Å². The third kappa shape index (κ3) is 3.72. The molecule has 1 amide bonds. The van der Waals surface area contributed by atoms with Crippen LogP contribution in [0.3, 0.4) is 0 Å². The second-order valence-electron chi connectivity index (χ2n) is 7.22. The van der Waals surface area contributed by atoms with Crippen molar-refractivity contribution in [3.05, 3.63) is 0 Å². The van der Waals surface area contributed by atoms with Crippen molar-refractivity contribution in [1.29, 1.82) is 0 Å². The molecule has 2 rings (SSSR count). The molecule has 2 N–H and O–H groups in total. The maximum atomic E-state index is 12.4. The molecule has 0 aromatic carbocycles. The normalized spacial score (nSPS) is 29.6. The van der Waals surface area contributed by atoms with Crippen molar-refractivity contribution in [2.24, 2.45) is 5.92 Å². The first-order valence-electron chi connectivity index (χ1n) is 7.54. The Balaban J connectivity index is 1.92. The largest absolute Gasteiger partial charge is 0.481 e. The molecule has 114 valence electrons. The number of rotatable bonds is 4. The Morgan fingerprint density at radius 1 is 1.20 bits per heavy atom. The molecule has 0 aliphatic carbocycles. The number of hydrogen-bond donors (Lipinski definition) is 2. The lowest BCUT2D eigenvalue weighted by Gasteiger charge is -2.39. The van der Waals surface area contributed by atoms with Crippen molar-refractivity contribution >= 4 is 11.9 Å². The van der Waals surface area contributed by atoms with Crippen LogP contribution in [0.25, 0.3) is 0 Å². The van der Waals surface area contributed by atoms with Gasteiger partial charge in [-0.3, -0.25) is 9.59 Å². The molecule has 2 aliphatic heterocycles. The number of hydrogen-bond acceptors (Lipinski definition) is 3. The van der Waals surface area contributed by atoms with E-state index < -0.39 is 5.97 Å². The van der Waals surface area contributed by atoms with Crippen molar-refractivity contribution in [2.45, 2.75) is 70.5 Å². The van der Waals surface area contributed by atoms with Gasteiger partial charge >= 0.3 is 5.97 Å². The van der Waals surface area contributed by atoms with Crippen LogP contribution in [0.1, 0.15) is 52.9 Å². The van der Waals surface area contributed by atoms with Crippen LogP contribution in [0.2, 0.25) is 0 Å². The zero-order valence-corrected chi connectivity index (χ0v) is 12.7. The van der Waals surface area contributed by atoms with Crippen LogP contribution in [0.5, 0.6) is 0 Å². The number of nitrogens with zero attached hydrogens (tertiary/aromatic N) is 1. The molecule has 0 radical (unpaired) electrons. The Kier molecular flexibility index (Phi) is 4.37. The number of piperidine rings is 1. The van der Waals surface area contributed by atoms with Gasteiger partial charge in [-0.05, 0) is 52.4 Å². The highest BCUT2D eigenvalue weighted by Crippen LogP contribution is 2.39. The van der Waals surface area contributed by atoms with Gasteiger partial charge in [-0.2, -0.15) is 0 Å². The Bertz CT molecular complexity index is 375. The summed E-state index contributed by atoms with van der Waals surface area (Å²) in [4.78, 5) is 25.2. The van der Waals surface area contributed by atoms with Gasteiger partial charge in [0.05, 0.1) is 6.54 Å². The summed E-state index contributed by atoms with van der Waals surface area (Å²) in [6, 6.07) is 0.514. The SMILES string of the molecule is CC(C)(C)NCC(=O)N1C2CCC1CC(CC(=O)O)C2. The Morgan fingerprint density at radius 3 is 2.20 bits per heavy atom. The molecule has 2 saturated heterocycles. The summed E-state index contributed by atoms with van der Waals surface area (Å²) in [5.74, 6) is -0.311. The molecule has 2 aliphatic rings. The minimum Gasteiger partial charge on any atom is -0.481 e. The molecule has 20 heavy (non-hydrogen) atoms. The Morgan fingerprint density at radius 2 is 1.75 bits per heavy atom. The van der Waals surface area contributed by atoms with E-state index in [0.717, 1.165) is 25.7 Å². The number of carboxylic acids is 1. The lowest BCUT2D eigenvalue weighted by molar-refractivity contribution is -0.139. The maximum Gasteiger partial charge on any atom is 0.303 e. The molecule has 5 heteroatoms. The third-order valence-electron chi connectivity index (χ3n) is 4.35. The van der Waals surface area contributed by atoms with Gasteiger partial charge in [0.1, 0.15) is 0 Å². The van der Waals surface area contributed by atoms with Gasteiger partial charge in [0.25, 0.3) is 0 Å². The molecule has 2 fully saturated rings. The van der Waals surface area contributed by atoms with Crippen LogP contribution in [0.4, 0.5) is 0 Å². The summed E-state index contributed by atoms with van der Waals surface area (Å²) in [5, 5.41) is 12.2. The lowest BCUT2D eigenvalue weighted by atomic mass is 9.88. The molecule has 5 nitrogen and oxygen atoms in total. The highest BCUT2D eigenvalue weighted by molar-refractivity contribution is 5.79. The first-order chi connectivity index (χ1) is 9.26. The van der Waals surface area contributed by atoms with Crippen molar-refractivity contribution in [1.82, 2.24) is 10.2 Å². The molecule has 0 saturated carbocycles. The quantitative estimate of drug-likeness (QED) is 0.822. The second kappa shape index (κ2) is 5.72. The van der Waals surface area contributed by atoms with Crippen LogP contribution in [0, 0.1) is 5.92 Å². The van der Waals surface area contributed by atoms with E-state index in [4.69, 9.17) is 5.11 Å². The van der Waals surface area contributed by atoms with Gasteiger partial charge in [-0.15, -0.1) is 0 Å². The van der Waals surface area contributed by atoms with E-state index in [2.05, 4.69) is 5.32 Å². The number of aliphatic carboxylic acids is 1. The molecule has 2 unspecified atom stereocenters. The minimum atomic E-state index is -0.719. The number of amides is 1. The Labute approximate surface area is 120 Å². The predicted octanol–water partition coefficient (Wildman–Crippen LogP) is 1.62. The van der Waals surface area contributed by atoms with E-state index in [1.807, 2.05) is 25.7 Å². The minimum absolute atomic E-state index is 0.0592. The van der Waals surface area contributed by atoms with Crippen molar-refractivity contribution < 1.29 is 14.7 Å². The number of carbonyl (C=O) groups is 2. The van der Waals surface area contributed by atoms with Crippen molar-refractivity contribution in [3.8, 4) is 0 Å². The van der Waals surface area contributed by atoms with E-state index in [0.29, 0.717) is 6.54 Å². The number of carbonyl (C=O) groups excluding carboxylic acids is 1. The van der Waals surface area contributed by atoms with E-state index in [-0.39, 0.29) is 35.9 Å². The molecule has 0 aromatic rings. The van der Waals surface area contributed by atoms with E-state index >= 15 is 0 Å². The first-order valence-corrected chi connectivity index (χ1v) is 7.54. The van der Waals surface area contributed by atoms with E-state index in [9.17, 15) is 9.59 Å². The fourth-order valence-electron chi connectivity index (χ4n) is 3.54. The zero-order chi connectivity index (χ0) is 14.9. The van der Waals surface area contributed by atoms with Gasteiger partial charge in [-0.1, -0.05) is 0 Å². The van der Waals surface area contributed by atoms with Crippen molar-refractivity contribution in [3.63, 3.8) is 0 Å². The number of nitrogens with one attached hydrogen (secondary N) is 1. The molecule has 2 heterocycles. The second-order valence-corrected chi connectivity index (χ2v) is 7.22. The summed E-state index contributed by atoms with van der Waals surface area (Å²) in [5.41, 5.74) is -0.0592. The summed E-state index contributed by atoms with van der Waals surface area (Å²) >= 11 is 0. The summed E-state index contributed by atoms with van der Waals surface area (Å²) < 4.78 is 0. The van der Waals surface area contributed by atoms with Gasteiger partial charge in [0.2, 0.25) is 5.91 Å². The summed E-state index contributed by atoms with van der Waals surface area (Å²) in [6.07, 6.45) is 4.01. The van der Waals surface area contributed by atoms with Crippen LogP contribution in [-0.4, -0.2) is 46.1 Å². The third-order valence-corrected chi connectivity index (χ3v) is 4.35. The number of fused-ring (bicyclic) bond motifs is 2. The average Bonchev–Trinajstić information content (AvgIpc) is 2.56. The molecule has 2 bridgehead atoms. The molecular formula is C15H26N2O3. The fourth-order valence-corrected chi connectivity index (χ4v) is 3.54. The van der Waals surface area contributed by atoms with Crippen LogP contribution in [-0.2, 0) is 9.59 Å². The molecule has 2 atom stereocenters. The highest BCUT2D eigenvalue weighted by atomic mass is 16.4. The zero-order valence-electron chi connectivity index (χ0n) is 12.7. The van der Waals surface area contributed by atoms with Gasteiger partial charge in [0.15, 0.2) is 0 Å². The fraction of sp³-hybridized carbons (Fsp3) is 0.867.